The third-order valence-electron chi connectivity index (χ3n) is 23.2. The van der Waals surface area contributed by atoms with E-state index >= 15 is 0 Å². The van der Waals surface area contributed by atoms with Gasteiger partial charge in [0, 0.05) is 41.5 Å². The molecule has 10 saturated heterocycles. The number of hydrogen-bond donors (Lipinski definition) is 31. The molecule has 0 aromatic rings. The van der Waals surface area contributed by atoms with Crippen molar-refractivity contribution in [2.45, 2.75) is 355 Å². The van der Waals surface area contributed by atoms with Crippen LogP contribution in [0.4, 0.5) is 0 Å². The Balaban J connectivity index is 1.02. The van der Waals surface area contributed by atoms with E-state index in [2.05, 4.69) is 31.9 Å². The molecule has 6 amide bonds. The lowest BCUT2D eigenvalue weighted by atomic mass is 9.93. The summed E-state index contributed by atoms with van der Waals surface area (Å²) in [7, 11) is 0. The summed E-state index contributed by atoms with van der Waals surface area (Å²) >= 11 is 0. The van der Waals surface area contributed by atoms with Gasteiger partial charge in [0.2, 0.25) is 35.4 Å². The molecular weight excluding hydrogens is 1750 g/mol. The Kier molecular flexibility index (Phi) is 37.8. The number of carbonyl (C=O) groups is 6. The van der Waals surface area contributed by atoms with Gasteiger partial charge in [0.25, 0.3) is 0 Å². The van der Waals surface area contributed by atoms with E-state index in [1.54, 1.807) is 0 Å². The molecule has 10 fully saturated rings. The smallest absolute Gasteiger partial charge is 0.217 e. The van der Waals surface area contributed by atoms with Gasteiger partial charge in [-0.15, -0.1) is 0 Å². The van der Waals surface area contributed by atoms with Crippen LogP contribution in [0.3, 0.4) is 0 Å². The van der Waals surface area contributed by atoms with Gasteiger partial charge in [-0.25, -0.2) is 0 Å². The van der Waals surface area contributed by atoms with Gasteiger partial charge < -0.3 is 250 Å². The van der Waals surface area contributed by atoms with Crippen molar-refractivity contribution in [2.24, 2.45) is 0 Å². The fourth-order valence-electron chi connectivity index (χ4n) is 16.7. The quantitative estimate of drug-likeness (QED) is 0.0290. The lowest BCUT2D eigenvalue weighted by Gasteiger charge is -2.52. The van der Waals surface area contributed by atoms with E-state index in [1.807, 2.05) is 0 Å². The molecule has 10 aliphatic rings. The predicted octanol–water partition coefficient (Wildman–Crippen LogP) is -20.9. The third kappa shape index (κ3) is 23.6. The summed E-state index contributed by atoms with van der Waals surface area (Å²) in [6.45, 7) is -3.30. The minimum Gasteiger partial charge on any atom is -0.394 e. The Morgan fingerprint density at radius 1 is 0.219 bits per heavy atom. The molecule has 10 heterocycles. The molecule has 56 heteroatoms. The Morgan fingerprint density at radius 2 is 0.492 bits per heavy atom. The zero-order valence-corrected chi connectivity index (χ0v) is 69.6. The second-order valence-electron chi connectivity index (χ2n) is 32.4. The van der Waals surface area contributed by atoms with Crippen LogP contribution in [-0.2, 0) is 119 Å². The molecule has 0 aliphatic carbocycles. The van der Waals surface area contributed by atoms with E-state index in [-0.39, 0.29) is 0 Å². The second-order valence-corrected chi connectivity index (χ2v) is 32.4. The van der Waals surface area contributed by atoms with Crippen LogP contribution in [0.5, 0.6) is 0 Å². The zero-order valence-electron chi connectivity index (χ0n) is 69.6. The summed E-state index contributed by atoms with van der Waals surface area (Å²) in [5, 5.41) is 297. The van der Waals surface area contributed by atoms with Crippen molar-refractivity contribution in [3.05, 3.63) is 0 Å². The number of aliphatic hydroxyl groups is 25. The average molecular weight is 1870 g/mol. The molecule has 0 bridgehead atoms. The fraction of sp³-hybridized carbons (Fsp3) is 0.917. The molecule has 50 atom stereocenters. The minimum absolute atomic E-state index is 0.807. The monoisotopic (exact) mass is 1870 g/mol. The number of aliphatic hydroxyl groups excluding tert-OH is 25. The largest absolute Gasteiger partial charge is 0.394 e. The first-order chi connectivity index (χ1) is 60.5. The van der Waals surface area contributed by atoms with Crippen molar-refractivity contribution >= 4 is 35.4 Å². The summed E-state index contributed by atoms with van der Waals surface area (Å²) in [5.41, 5.74) is 0. The summed E-state index contributed by atoms with van der Waals surface area (Å²) in [6, 6.07) is -11.1. The third-order valence-corrected chi connectivity index (χ3v) is 23.2. The minimum atomic E-state index is -2.66. The summed E-state index contributed by atoms with van der Waals surface area (Å²) in [5.74, 6) is -5.45. The molecule has 0 spiro atoms. The van der Waals surface area contributed by atoms with Gasteiger partial charge in [-0.1, -0.05) is 0 Å². The molecular formula is C72H120N6O50. The molecule has 0 saturated carbocycles. The van der Waals surface area contributed by atoms with Crippen LogP contribution >= 0.6 is 0 Å². The normalized spacial score (nSPS) is 47.8. The molecule has 56 nitrogen and oxygen atoms in total. The number of nitrogens with one attached hydrogen (secondary N) is 6. The molecule has 10 rings (SSSR count). The predicted molar refractivity (Wildman–Crippen MR) is 398 cm³/mol. The lowest BCUT2D eigenvalue weighted by Crippen LogP contribution is -2.72. The van der Waals surface area contributed by atoms with Crippen molar-refractivity contribution in [1.29, 1.82) is 0 Å². The SMILES string of the molecule is CC(=O)N[C@H]1[C@H](O[C@H]2[C@H](O)[C@@H](NC(C)=O)C(O)O[C@@H]2CO)O[C@H](CO)[C@@H](O[C@@H]2O[C@H](CO[C@H]3O[C@H](CO)[C@@H](O)[C@H](O)[C@@H]3O[C@@H]3O[C@H](CO)[C@@H](O[C@@H]4O[C@H](CO)[C@H](O)[C@H](O)[C@H]4NC(C)=O)[C@H](O)[C@H]3NC(C)=O)[C@@H](O)[C@H](O[C@H]3O[C@H](CO)[C@@H](O)[C@H](O)[C@@H]3O[C@@H]3O[C@H](CO)[C@@H](O[C@@H]4O[C@H](CO)[C@H](O)[C@H](O)[C@H]4NC(C)=O)[C@H](O[C@@H]4O[C@@H](C)[C@@H](O)[C@@H](O)[C@@H]4O)[C@H]3NC(C)=O)[C@@H]2O)[C@@H]1O. The van der Waals surface area contributed by atoms with Crippen LogP contribution in [-0.4, -0.2) is 529 Å². The number of carbonyl (C=O) groups excluding carboxylic acids is 6. The first-order valence-corrected chi connectivity index (χ1v) is 41.0. The fourth-order valence-corrected chi connectivity index (χ4v) is 16.7. The van der Waals surface area contributed by atoms with Gasteiger partial charge in [-0.05, 0) is 6.92 Å². The molecule has 0 radical (unpaired) electrons. The Bertz CT molecular complexity index is 3550. The topological polar surface area (TPSA) is 856 Å². The second kappa shape index (κ2) is 46.1. The summed E-state index contributed by atoms with van der Waals surface area (Å²) < 4.78 is 116. The van der Waals surface area contributed by atoms with Crippen molar-refractivity contribution < 1.29 is 246 Å². The van der Waals surface area contributed by atoms with Crippen LogP contribution in [0.1, 0.15) is 48.5 Å². The standard InChI is InChI=1S/C72H120N6O50/c1-17-39(93)50(104)53(107)69(111-17)125-59-38(78-23(7)92)68(119-31(15-86)58(59)124-65-35(75-20(4)89)46(100)41(95)25(9-80)114-65)128-62-52(106)43(97)27(11-82)116-72(62)126-60-44(98)32(120-70(54(60)108)123-57-30(14-85)117-66(36(49(57)103)76-21(5)90)121-55-28(12-83)112-63(109)33(47(55)101)73-18(2)87)16-110-71-61(51(105)42(96)26(10-81)115-71)127-67-37(77-22(6)91)48(102)56(29(13-84)118-67)122-64-34(74-19(3)88)45(99)40(94)24(8-79)113-64/h17,24-72,79-86,93-109H,8-16H2,1-7H3,(H,73,87)(H,74,88)(H,75,89)(H,76,90)(H,77,91)(H,78,92)/t17-,24+,25+,26+,27+,28+,29+,30+,31+,32+,33+,34+,35+,36+,37+,38+,39+,40-,41-,42+,43+,44+,45+,46+,47+,48+,49+,50+,51-,52-,53-,54-,55+,56+,57+,58+,59+,60-,61-,62-,63?,64-,65-,66-,67-,68-,69-,70-,71-,72+/m0/s1. The highest BCUT2D eigenvalue weighted by atomic mass is 16.8. The van der Waals surface area contributed by atoms with Gasteiger partial charge in [0.05, 0.1) is 65.6 Å². The van der Waals surface area contributed by atoms with E-state index in [1.165, 1.54) is 6.92 Å². The summed E-state index contributed by atoms with van der Waals surface area (Å²) in [4.78, 5) is 77.2. The molecule has 128 heavy (non-hydrogen) atoms. The van der Waals surface area contributed by atoms with E-state index in [0.29, 0.717) is 0 Å². The molecule has 738 valence electrons. The van der Waals surface area contributed by atoms with Crippen molar-refractivity contribution in [3.8, 4) is 0 Å². The number of rotatable bonds is 33. The molecule has 10 aliphatic heterocycles. The van der Waals surface area contributed by atoms with Crippen molar-refractivity contribution in [1.82, 2.24) is 31.9 Å². The van der Waals surface area contributed by atoms with E-state index in [0.717, 1.165) is 41.5 Å². The maximum Gasteiger partial charge on any atom is 0.217 e. The summed E-state index contributed by atoms with van der Waals surface area (Å²) in [6.07, 6.45) is -92.6. The number of hydrogen-bond acceptors (Lipinski definition) is 50. The van der Waals surface area contributed by atoms with Gasteiger partial charge in [-0.2, -0.15) is 0 Å². The van der Waals surface area contributed by atoms with Crippen LogP contribution in [0.25, 0.3) is 0 Å². The van der Waals surface area contributed by atoms with Crippen LogP contribution in [0.15, 0.2) is 0 Å². The first-order valence-electron chi connectivity index (χ1n) is 41.0. The Morgan fingerprint density at radius 3 is 0.898 bits per heavy atom. The highest BCUT2D eigenvalue weighted by molar-refractivity contribution is 5.75. The Labute approximate surface area is 726 Å². The van der Waals surface area contributed by atoms with Crippen LogP contribution < -0.4 is 31.9 Å². The zero-order chi connectivity index (χ0) is 94.4. The first kappa shape index (κ1) is 105. The maximum absolute atomic E-state index is 13.7. The highest BCUT2D eigenvalue weighted by Gasteiger charge is 2.63. The van der Waals surface area contributed by atoms with E-state index in [4.69, 9.17) is 90.0 Å². The van der Waals surface area contributed by atoms with E-state index < -0.39 is 402 Å². The molecule has 1 unspecified atom stereocenters. The average Bonchev–Trinajstić information content (AvgIpc) is 0.762. The van der Waals surface area contributed by atoms with Gasteiger partial charge in [0.15, 0.2) is 62.9 Å². The van der Waals surface area contributed by atoms with Crippen molar-refractivity contribution in [2.75, 3.05) is 59.5 Å². The highest BCUT2D eigenvalue weighted by Crippen LogP contribution is 2.42. The van der Waals surface area contributed by atoms with Crippen LogP contribution in [0, 0.1) is 0 Å². The van der Waals surface area contributed by atoms with Gasteiger partial charge in [0.1, 0.15) is 238 Å². The van der Waals surface area contributed by atoms with Gasteiger partial charge in [-0.3, -0.25) is 28.8 Å². The number of amides is 6. The Hall–Kier alpha value is -4.94. The molecule has 31 N–H and O–H groups in total. The van der Waals surface area contributed by atoms with Gasteiger partial charge >= 0.3 is 0 Å². The van der Waals surface area contributed by atoms with Crippen LogP contribution in [0.2, 0.25) is 0 Å². The lowest BCUT2D eigenvalue weighted by molar-refractivity contribution is -0.402. The maximum atomic E-state index is 13.7. The van der Waals surface area contributed by atoms with Crippen molar-refractivity contribution in [3.63, 3.8) is 0 Å². The number of ether oxygens (including phenoxy) is 19. The molecule has 0 aromatic heterocycles. The molecule has 0 aromatic carbocycles. The van der Waals surface area contributed by atoms with E-state index in [9.17, 15) is 156 Å².